The van der Waals surface area contributed by atoms with Crippen LogP contribution in [0.1, 0.15) is 46.0 Å². The van der Waals surface area contributed by atoms with E-state index >= 15 is 0 Å². The molecule has 2 fully saturated rings. The van der Waals surface area contributed by atoms with E-state index in [1.165, 1.54) is 36.2 Å². The number of likely N-dealkylation sites (tertiary alicyclic amines) is 1. The maximum Gasteiger partial charge on any atom is 0.129 e. The zero-order valence-electron chi connectivity index (χ0n) is 12.7. The minimum absolute atomic E-state index is 0.270. The van der Waals surface area contributed by atoms with Gasteiger partial charge in [0.2, 0.25) is 0 Å². The molecule has 3 aliphatic rings. The summed E-state index contributed by atoms with van der Waals surface area (Å²) in [7, 11) is 0. The van der Waals surface area contributed by atoms with Gasteiger partial charge in [0.05, 0.1) is 5.70 Å². The first kappa shape index (κ1) is 13.7. The van der Waals surface area contributed by atoms with Gasteiger partial charge in [-0.2, -0.15) is 0 Å². The number of rotatable bonds is 1. The molecule has 110 valence electrons. The van der Waals surface area contributed by atoms with E-state index in [0.717, 1.165) is 18.6 Å². The summed E-state index contributed by atoms with van der Waals surface area (Å²) < 4.78 is 5.61. The van der Waals surface area contributed by atoms with Crippen molar-refractivity contribution in [3.05, 3.63) is 35.9 Å². The molecule has 2 aliphatic heterocycles. The van der Waals surface area contributed by atoms with Crippen molar-refractivity contribution in [2.24, 2.45) is 11.1 Å². The van der Waals surface area contributed by atoms with Crippen LogP contribution in [0.4, 0.5) is 0 Å². The van der Waals surface area contributed by atoms with Crippen LogP contribution >= 0.6 is 0 Å². The Bertz CT molecular complexity index is 483. The Hall–Kier alpha value is -1.22. The minimum Gasteiger partial charge on any atom is -0.488 e. The predicted molar refractivity (Wildman–Crippen MR) is 81.7 cm³/mol. The van der Waals surface area contributed by atoms with E-state index in [0.29, 0.717) is 18.7 Å². The highest BCUT2D eigenvalue weighted by Gasteiger charge is 2.48. The van der Waals surface area contributed by atoms with Gasteiger partial charge in [-0.25, -0.2) is 0 Å². The summed E-state index contributed by atoms with van der Waals surface area (Å²) >= 11 is 0. The number of allylic oxidation sites excluding steroid dienone is 2. The summed E-state index contributed by atoms with van der Waals surface area (Å²) in [6.07, 6.45) is 5.81. The average molecular weight is 274 g/mol. The lowest BCUT2D eigenvalue weighted by atomic mass is 9.70. The van der Waals surface area contributed by atoms with Crippen molar-refractivity contribution in [3.8, 4) is 0 Å². The van der Waals surface area contributed by atoms with Gasteiger partial charge < -0.3 is 15.4 Å². The number of ether oxygens (including phenoxy) is 1. The monoisotopic (exact) mass is 274 g/mol. The summed E-state index contributed by atoms with van der Waals surface area (Å²) in [6.45, 7) is 13.5. The highest BCUT2D eigenvalue weighted by Crippen LogP contribution is 2.54. The van der Waals surface area contributed by atoms with Gasteiger partial charge >= 0.3 is 0 Å². The molecule has 2 heterocycles. The van der Waals surface area contributed by atoms with Crippen molar-refractivity contribution in [1.29, 1.82) is 0 Å². The molecule has 1 aliphatic carbocycles. The molecule has 0 aromatic carbocycles. The Labute approximate surface area is 122 Å². The van der Waals surface area contributed by atoms with Gasteiger partial charge in [-0.3, -0.25) is 0 Å². The SMILES string of the molecule is C=C1OCC(N2C(=C)C3(CCC(N)CC3)C[C@H]2C)=C1C. The van der Waals surface area contributed by atoms with E-state index in [1.54, 1.807) is 0 Å². The number of hydrogen-bond acceptors (Lipinski definition) is 3. The lowest BCUT2D eigenvalue weighted by Gasteiger charge is -2.38. The van der Waals surface area contributed by atoms with E-state index in [-0.39, 0.29) is 5.41 Å². The molecule has 0 aromatic heterocycles. The lowest BCUT2D eigenvalue weighted by molar-refractivity contribution is 0.221. The number of nitrogens with two attached hydrogens (primary N) is 1. The molecule has 0 bridgehead atoms. The van der Waals surface area contributed by atoms with E-state index in [1.807, 2.05) is 0 Å². The first-order valence-electron chi connectivity index (χ1n) is 7.70. The van der Waals surface area contributed by atoms with E-state index in [9.17, 15) is 0 Å². The van der Waals surface area contributed by atoms with Crippen molar-refractivity contribution < 1.29 is 4.74 Å². The smallest absolute Gasteiger partial charge is 0.129 e. The van der Waals surface area contributed by atoms with Gasteiger partial charge in [-0.1, -0.05) is 13.2 Å². The molecule has 3 heteroatoms. The Kier molecular flexibility index (Phi) is 3.20. The van der Waals surface area contributed by atoms with Crippen molar-refractivity contribution in [2.45, 2.75) is 58.0 Å². The number of hydrogen-bond donors (Lipinski definition) is 1. The number of nitrogens with zero attached hydrogens (tertiary/aromatic N) is 1. The third-order valence-electron chi connectivity index (χ3n) is 5.54. The van der Waals surface area contributed by atoms with Crippen LogP contribution in [-0.4, -0.2) is 23.6 Å². The molecule has 1 atom stereocenters. The molecule has 3 rings (SSSR count). The third-order valence-corrected chi connectivity index (χ3v) is 5.54. The van der Waals surface area contributed by atoms with Gasteiger partial charge in [-0.15, -0.1) is 0 Å². The van der Waals surface area contributed by atoms with E-state index in [4.69, 9.17) is 10.5 Å². The standard InChI is InChI=1S/C17H26N2O/c1-11-9-17(7-5-15(18)6-8-17)14(4)19(11)16-10-20-13(3)12(16)2/h11,15H,3-10,18H2,1-2H3/t11-,15?,17?/m1/s1. The summed E-state index contributed by atoms with van der Waals surface area (Å²) in [5, 5.41) is 0. The van der Waals surface area contributed by atoms with Gasteiger partial charge in [-0.05, 0) is 46.0 Å². The van der Waals surface area contributed by atoms with Crippen LogP contribution in [0.25, 0.3) is 0 Å². The normalized spacial score (nSPS) is 38.0. The molecule has 2 N–H and O–H groups in total. The van der Waals surface area contributed by atoms with Crippen molar-refractivity contribution >= 4 is 0 Å². The average Bonchev–Trinajstić information content (AvgIpc) is 2.85. The molecule has 20 heavy (non-hydrogen) atoms. The summed E-state index contributed by atoms with van der Waals surface area (Å²) in [6, 6.07) is 0.879. The highest BCUT2D eigenvalue weighted by molar-refractivity contribution is 5.37. The molecule has 1 spiro atoms. The zero-order chi connectivity index (χ0) is 14.5. The largest absolute Gasteiger partial charge is 0.488 e. The Balaban J connectivity index is 1.88. The lowest BCUT2D eigenvalue weighted by Crippen LogP contribution is -2.34. The Morgan fingerprint density at radius 3 is 2.50 bits per heavy atom. The molecule has 0 unspecified atom stereocenters. The summed E-state index contributed by atoms with van der Waals surface area (Å²) in [5.74, 6) is 0.812. The molecule has 0 radical (unpaired) electrons. The maximum atomic E-state index is 6.08. The van der Waals surface area contributed by atoms with Crippen LogP contribution in [0.3, 0.4) is 0 Å². The van der Waals surface area contributed by atoms with Crippen LogP contribution in [0.2, 0.25) is 0 Å². The Morgan fingerprint density at radius 1 is 1.30 bits per heavy atom. The zero-order valence-corrected chi connectivity index (χ0v) is 12.7. The molecular weight excluding hydrogens is 248 g/mol. The van der Waals surface area contributed by atoms with Gasteiger partial charge in [0.25, 0.3) is 0 Å². The van der Waals surface area contributed by atoms with Gasteiger partial charge in [0, 0.05) is 28.8 Å². The second-order valence-corrected chi connectivity index (χ2v) is 6.77. The fourth-order valence-electron chi connectivity index (χ4n) is 4.19. The summed E-state index contributed by atoms with van der Waals surface area (Å²) in [4.78, 5) is 2.42. The second-order valence-electron chi connectivity index (χ2n) is 6.77. The minimum atomic E-state index is 0.270. The molecule has 1 saturated carbocycles. The molecule has 0 aromatic rings. The fourth-order valence-corrected chi connectivity index (χ4v) is 4.19. The molecule has 0 amide bonds. The van der Waals surface area contributed by atoms with Crippen LogP contribution in [-0.2, 0) is 4.74 Å². The maximum absolute atomic E-state index is 6.08. The van der Waals surface area contributed by atoms with Crippen molar-refractivity contribution in [1.82, 2.24) is 4.90 Å². The summed E-state index contributed by atoms with van der Waals surface area (Å²) in [5.41, 5.74) is 10.1. The van der Waals surface area contributed by atoms with E-state index in [2.05, 4.69) is 31.9 Å². The first-order chi connectivity index (χ1) is 9.44. The molecule has 3 nitrogen and oxygen atoms in total. The second kappa shape index (κ2) is 4.66. The van der Waals surface area contributed by atoms with Crippen molar-refractivity contribution in [3.63, 3.8) is 0 Å². The first-order valence-corrected chi connectivity index (χ1v) is 7.70. The highest BCUT2D eigenvalue weighted by atomic mass is 16.5. The van der Waals surface area contributed by atoms with Crippen LogP contribution in [0.5, 0.6) is 0 Å². The predicted octanol–water partition coefficient (Wildman–Crippen LogP) is 3.30. The molecular formula is C17H26N2O. The third kappa shape index (κ3) is 1.91. The van der Waals surface area contributed by atoms with Crippen molar-refractivity contribution in [2.75, 3.05) is 6.61 Å². The quantitative estimate of drug-likeness (QED) is 0.797. The topological polar surface area (TPSA) is 38.5 Å². The molecule has 1 saturated heterocycles. The van der Waals surface area contributed by atoms with Crippen LogP contribution < -0.4 is 5.73 Å². The van der Waals surface area contributed by atoms with Gasteiger partial charge in [0.15, 0.2) is 0 Å². The van der Waals surface area contributed by atoms with Gasteiger partial charge in [0.1, 0.15) is 12.4 Å². The fraction of sp³-hybridized carbons (Fsp3) is 0.647. The van der Waals surface area contributed by atoms with Crippen LogP contribution in [0, 0.1) is 5.41 Å². The van der Waals surface area contributed by atoms with Crippen LogP contribution in [0.15, 0.2) is 35.9 Å². The Morgan fingerprint density at radius 2 is 1.95 bits per heavy atom. The van der Waals surface area contributed by atoms with E-state index < -0.39 is 0 Å².